The molecule has 0 aliphatic heterocycles. The smallest absolute Gasteiger partial charge is 0.339 e. The molecule has 1 amide bonds. The van der Waals surface area contributed by atoms with Gasteiger partial charge in [-0.15, -0.1) is 0 Å². The van der Waals surface area contributed by atoms with E-state index in [9.17, 15) is 9.59 Å². The Morgan fingerprint density at radius 3 is 2.70 bits per heavy atom. The molecule has 0 spiro atoms. The summed E-state index contributed by atoms with van der Waals surface area (Å²) >= 11 is 0. The number of nitrogens with two attached hydrogens (primary N) is 1. The number of methoxy groups -OCH3 is 1. The number of carbonyl (C=O) groups is 2. The van der Waals surface area contributed by atoms with Gasteiger partial charge in [0.1, 0.15) is 5.75 Å². The van der Waals surface area contributed by atoms with Crippen LogP contribution in [0.3, 0.4) is 0 Å². The summed E-state index contributed by atoms with van der Waals surface area (Å²) in [5, 5.41) is 2.66. The lowest BCUT2D eigenvalue weighted by Crippen LogP contribution is -2.36. The fourth-order valence-corrected chi connectivity index (χ4v) is 1.51. The van der Waals surface area contributed by atoms with Crippen molar-refractivity contribution in [2.45, 2.75) is 26.4 Å². The van der Waals surface area contributed by atoms with Crippen molar-refractivity contribution in [3.63, 3.8) is 0 Å². The van der Waals surface area contributed by atoms with E-state index in [1.807, 2.05) is 6.92 Å². The van der Waals surface area contributed by atoms with E-state index < -0.39 is 12.1 Å². The quantitative estimate of drug-likeness (QED) is 0.606. The van der Waals surface area contributed by atoms with Crippen LogP contribution in [0.2, 0.25) is 0 Å². The number of esters is 1. The monoisotopic (exact) mass is 280 g/mol. The van der Waals surface area contributed by atoms with Gasteiger partial charge in [0.15, 0.2) is 6.10 Å². The highest BCUT2D eigenvalue weighted by molar-refractivity contribution is 5.93. The maximum atomic E-state index is 11.9. The Labute approximate surface area is 118 Å². The molecule has 0 radical (unpaired) electrons. The van der Waals surface area contributed by atoms with E-state index in [0.717, 1.165) is 6.42 Å². The van der Waals surface area contributed by atoms with Crippen molar-refractivity contribution in [2.24, 2.45) is 0 Å². The minimum absolute atomic E-state index is 0.284. The lowest BCUT2D eigenvalue weighted by atomic mass is 10.2. The second kappa shape index (κ2) is 7.37. The van der Waals surface area contributed by atoms with Crippen LogP contribution in [0.25, 0.3) is 0 Å². The predicted octanol–water partition coefficient (Wildman–Crippen LogP) is 1.35. The fraction of sp³-hybridized carbons (Fsp3) is 0.429. The van der Waals surface area contributed by atoms with Crippen LogP contribution in [0, 0.1) is 0 Å². The van der Waals surface area contributed by atoms with Crippen molar-refractivity contribution in [2.75, 3.05) is 19.4 Å². The Morgan fingerprint density at radius 1 is 1.40 bits per heavy atom. The van der Waals surface area contributed by atoms with E-state index in [2.05, 4.69) is 5.32 Å². The molecule has 1 aromatic rings. The van der Waals surface area contributed by atoms with Gasteiger partial charge in [-0.1, -0.05) is 6.92 Å². The first-order valence-corrected chi connectivity index (χ1v) is 6.41. The van der Waals surface area contributed by atoms with Gasteiger partial charge in [0.2, 0.25) is 0 Å². The molecule has 1 aromatic carbocycles. The van der Waals surface area contributed by atoms with E-state index in [1.165, 1.54) is 26.2 Å². The van der Waals surface area contributed by atoms with Gasteiger partial charge in [0, 0.05) is 6.54 Å². The molecular formula is C14H20N2O4. The third kappa shape index (κ3) is 4.15. The number of nitrogens with one attached hydrogen (secondary N) is 1. The second-order valence-corrected chi connectivity index (χ2v) is 4.30. The molecule has 0 aromatic heterocycles. The summed E-state index contributed by atoms with van der Waals surface area (Å²) in [5.74, 6) is -0.521. The van der Waals surface area contributed by atoms with Gasteiger partial charge in [-0.2, -0.15) is 0 Å². The van der Waals surface area contributed by atoms with Crippen LogP contribution in [0.15, 0.2) is 18.2 Å². The summed E-state index contributed by atoms with van der Waals surface area (Å²) in [6.07, 6.45) is -0.0284. The number of ether oxygens (including phenoxy) is 2. The van der Waals surface area contributed by atoms with E-state index in [1.54, 1.807) is 6.07 Å². The van der Waals surface area contributed by atoms with Crippen LogP contribution in [0.5, 0.6) is 5.75 Å². The van der Waals surface area contributed by atoms with Crippen molar-refractivity contribution in [1.29, 1.82) is 0 Å². The number of amides is 1. The third-order valence-corrected chi connectivity index (χ3v) is 2.67. The Hall–Kier alpha value is -2.24. The molecule has 3 N–H and O–H groups in total. The standard InChI is InChI=1S/C14H20N2O4/c1-4-7-16-13(17)9(2)20-14(18)10-5-6-11(15)12(8-10)19-3/h5-6,8-9H,4,7,15H2,1-3H3,(H,16,17). The fourth-order valence-electron chi connectivity index (χ4n) is 1.51. The normalized spacial score (nSPS) is 11.6. The zero-order valence-corrected chi connectivity index (χ0v) is 11.9. The molecule has 6 heteroatoms. The third-order valence-electron chi connectivity index (χ3n) is 2.67. The van der Waals surface area contributed by atoms with E-state index in [4.69, 9.17) is 15.2 Å². The molecule has 0 fully saturated rings. The molecule has 1 rings (SSSR count). The van der Waals surface area contributed by atoms with Gasteiger partial charge in [0.25, 0.3) is 5.91 Å². The highest BCUT2D eigenvalue weighted by Gasteiger charge is 2.19. The lowest BCUT2D eigenvalue weighted by molar-refractivity contribution is -0.129. The maximum Gasteiger partial charge on any atom is 0.339 e. The number of rotatable bonds is 6. The molecule has 6 nitrogen and oxygen atoms in total. The van der Waals surface area contributed by atoms with E-state index in [-0.39, 0.29) is 11.5 Å². The van der Waals surface area contributed by atoms with Crippen LogP contribution < -0.4 is 15.8 Å². The number of hydrogen-bond acceptors (Lipinski definition) is 5. The van der Waals surface area contributed by atoms with Crippen molar-refractivity contribution >= 4 is 17.6 Å². The van der Waals surface area contributed by atoms with Gasteiger partial charge < -0.3 is 20.5 Å². The molecule has 1 unspecified atom stereocenters. The van der Waals surface area contributed by atoms with Gasteiger partial charge >= 0.3 is 5.97 Å². The largest absolute Gasteiger partial charge is 0.495 e. The van der Waals surface area contributed by atoms with E-state index in [0.29, 0.717) is 18.0 Å². The molecule has 0 saturated carbocycles. The average Bonchev–Trinajstić information content (AvgIpc) is 2.44. The molecule has 110 valence electrons. The highest BCUT2D eigenvalue weighted by Crippen LogP contribution is 2.22. The summed E-state index contributed by atoms with van der Waals surface area (Å²) in [5.41, 5.74) is 6.38. The topological polar surface area (TPSA) is 90.7 Å². The lowest BCUT2D eigenvalue weighted by Gasteiger charge is -2.13. The van der Waals surface area contributed by atoms with Gasteiger partial charge in [-0.3, -0.25) is 4.79 Å². The van der Waals surface area contributed by atoms with Crippen LogP contribution in [-0.2, 0) is 9.53 Å². The summed E-state index contributed by atoms with van der Waals surface area (Å²) in [7, 11) is 1.46. The minimum Gasteiger partial charge on any atom is -0.495 e. The molecule has 0 aliphatic carbocycles. The zero-order valence-electron chi connectivity index (χ0n) is 11.9. The van der Waals surface area contributed by atoms with Crippen molar-refractivity contribution in [1.82, 2.24) is 5.32 Å². The molecule has 0 bridgehead atoms. The number of hydrogen-bond donors (Lipinski definition) is 2. The van der Waals surface area contributed by atoms with Crippen molar-refractivity contribution in [3.05, 3.63) is 23.8 Å². The summed E-state index contributed by atoms with van der Waals surface area (Å²) in [6, 6.07) is 4.56. The summed E-state index contributed by atoms with van der Waals surface area (Å²) < 4.78 is 10.1. The number of nitrogen functional groups attached to an aromatic ring is 1. The van der Waals surface area contributed by atoms with Crippen molar-refractivity contribution < 1.29 is 19.1 Å². The van der Waals surface area contributed by atoms with Crippen molar-refractivity contribution in [3.8, 4) is 5.75 Å². The molecule has 0 aliphatic rings. The Kier molecular flexibility index (Phi) is 5.83. The van der Waals surface area contributed by atoms with Gasteiger partial charge in [-0.25, -0.2) is 4.79 Å². The Morgan fingerprint density at radius 2 is 2.10 bits per heavy atom. The maximum absolute atomic E-state index is 11.9. The van der Waals surface area contributed by atoms with Crippen LogP contribution in [-0.4, -0.2) is 31.6 Å². The average molecular weight is 280 g/mol. The van der Waals surface area contributed by atoms with Gasteiger partial charge in [0.05, 0.1) is 18.4 Å². The second-order valence-electron chi connectivity index (χ2n) is 4.30. The van der Waals surface area contributed by atoms with Gasteiger partial charge in [-0.05, 0) is 31.5 Å². The Balaban J connectivity index is 2.69. The zero-order chi connectivity index (χ0) is 15.1. The first-order chi connectivity index (χ1) is 9.49. The highest BCUT2D eigenvalue weighted by atomic mass is 16.5. The number of anilines is 1. The molecule has 1 atom stereocenters. The molecule has 0 saturated heterocycles. The Bertz CT molecular complexity index is 488. The van der Waals surface area contributed by atoms with Crippen LogP contribution in [0.4, 0.5) is 5.69 Å². The molecular weight excluding hydrogens is 260 g/mol. The summed E-state index contributed by atoms with van der Waals surface area (Å²) in [4.78, 5) is 23.5. The van der Waals surface area contributed by atoms with Crippen LogP contribution >= 0.6 is 0 Å². The first-order valence-electron chi connectivity index (χ1n) is 6.41. The molecule has 20 heavy (non-hydrogen) atoms. The number of carbonyl (C=O) groups excluding carboxylic acids is 2. The molecule has 0 heterocycles. The minimum atomic E-state index is -0.849. The van der Waals surface area contributed by atoms with E-state index >= 15 is 0 Å². The summed E-state index contributed by atoms with van der Waals surface area (Å²) in [6.45, 7) is 4.02. The first kappa shape index (κ1) is 15.8. The number of benzene rings is 1. The predicted molar refractivity (Wildman–Crippen MR) is 75.6 cm³/mol. The van der Waals surface area contributed by atoms with Crippen LogP contribution in [0.1, 0.15) is 30.6 Å². The SMILES string of the molecule is CCCNC(=O)C(C)OC(=O)c1ccc(N)c(OC)c1.